The molecule has 0 aliphatic carbocycles. The quantitative estimate of drug-likeness (QED) is 0.589. The van der Waals surface area contributed by atoms with Crippen LogP contribution in [0.25, 0.3) is 22.3 Å². The van der Waals surface area contributed by atoms with Gasteiger partial charge in [0.05, 0.1) is 12.6 Å². The van der Waals surface area contributed by atoms with Crippen LogP contribution in [-0.2, 0) is 0 Å². The lowest BCUT2D eigenvalue weighted by molar-refractivity contribution is 0.415. The molecule has 4 aromatic rings. The molecule has 0 bridgehead atoms. The fraction of sp³-hybridized carbons (Fsp3) is 0.105. The van der Waals surface area contributed by atoms with Gasteiger partial charge >= 0.3 is 0 Å². The van der Waals surface area contributed by atoms with Crippen molar-refractivity contribution >= 4 is 22.5 Å². The molecule has 0 atom stereocenters. The van der Waals surface area contributed by atoms with E-state index in [0.717, 1.165) is 39.5 Å². The zero-order chi connectivity index (χ0) is 17.2. The number of anilines is 2. The van der Waals surface area contributed by atoms with Crippen molar-refractivity contribution in [3.8, 4) is 17.1 Å². The SMILES string of the molecule is COc1cccc(-c2nc(Nc3cc(C)[nH]n3)c3ccccc3n2)c1. The maximum absolute atomic E-state index is 5.31. The van der Waals surface area contributed by atoms with E-state index >= 15 is 0 Å². The molecule has 2 N–H and O–H groups in total. The minimum atomic E-state index is 0.632. The number of aromatic nitrogens is 4. The van der Waals surface area contributed by atoms with Gasteiger partial charge in [0.15, 0.2) is 11.6 Å². The van der Waals surface area contributed by atoms with Crippen LogP contribution in [0, 0.1) is 6.92 Å². The summed E-state index contributed by atoms with van der Waals surface area (Å²) < 4.78 is 5.31. The molecule has 6 heteroatoms. The third-order valence-electron chi connectivity index (χ3n) is 3.88. The molecule has 25 heavy (non-hydrogen) atoms. The van der Waals surface area contributed by atoms with Gasteiger partial charge in [-0.2, -0.15) is 5.10 Å². The first-order valence-corrected chi connectivity index (χ1v) is 7.93. The van der Waals surface area contributed by atoms with E-state index in [0.29, 0.717) is 5.82 Å². The van der Waals surface area contributed by atoms with Crippen LogP contribution < -0.4 is 10.1 Å². The highest BCUT2D eigenvalue weighted by Crippen LogP contribution is 2.28. The molecule has 2 aromatic heterocycles. The Bertz CT molecular complexity index is 1040. The summed E-state index contributed by atoms with van der Waals surface area (Å²) in [6, 6.07) is 17.6. The number of hydrogen-bond acceptors (Lipinski definition) is 5. The van der Waals surface area contributed by atoms with Crippen LogP contribution in [-0.4, -0.2) is 27.3 Å². The number of aromatic amines is 1. The highest BCUT2D eigenvalue weighted by molar-refractivity contribution is 5.92. The summed E-state index contributed by atoms with van der Waals surface area (Å²) in [6.45, 7) is 1.96. The fourth-order valence-electron chi connectivity index (χ4n) is 2.67. The summed E-state index contributed by atoms with van der Waals surface area (Å²) in [5.74, 6) is 2.84. The molecule has 0 aliphatic heterocycles. The lowest BCUT2D eigenvalue weighted by atomic mass is 10.1. The number of H-pyrrole nitrogens is 1. The number of benzene rings is 2. The topological polar surface area (TPSA) is 75.7 Å². The molecule has 124 valence electrons. The van der Waals surface area contributed by atoms with Gasteiger partial charge in [-0.3, -0.25) is 5.10 Å². The third-order valence-corrected chi connectivity index (χ3v) is 3.88. The number of fused-ring (bicyclic) bond motifs is 1. The molecule has 0 aliphatic rings. The van der Waals surface area contributed by atoms with Gasteiger partial charge in [0, 0.05) is 22.7 Å². The van der Waals surface area contributed by atoms with Gasteiger partial charge in [0.1, 0.15) is 11.6 Å². The zero-order valence-electron chi connectivity index (χ0n) is 13.9. The predicted molar refractivity (Wildman–Crippen MR) is 98.1 cm³/mol. The van der Waals surface area contributed by atoms with Gasteiger partial charge in [0.2, 0.25) is 0 Å². The van der Waals surface area contributed by atoms with Gasteiger partial charge in [-0.1, -0.05) is 24.3 Å². The molecule has 0 fully saturated rings. The van der Waals surface area contributed by atoms with Gasteiger partial charge in [0.25, 0.3) is 0 Å². The first-order chi connectivity index (χ1) is 12.2. The molecule has 0 radical (unpaired) electrons. The summed E-state index contributed by atoms with van der Waals surface area (Å²) in [5, 5.41) is 11.4. The van der Waals surface area contributed by atoms with E-state index in [9.17, 15) is 0 Å². The molecular formula is C19H17N5O. The first-order valence-electron chi connectivity index (χ1n) is 7.93. The lowest BCUT2D eigenvalue weighted by Crippen LogP contribution is -1.99. The lowest BCUT2D eigenvalue weighted by Gasteiger charge is -2.10. The Balaban J connectivity index is 1.85. The van der Waals surface area contributed by atoms with Crippen molar-refractivity contribution in [3.05, 3.63) is 60.3 Å². The van der Waals surface area contributed by atoms with Gasteiger partial charge in [-0.05, 0) is 31.2 Å². The van der Waals surface area contributed by atoms with Gasteiger partial charge in [-0.25, -0.2) is 9.97 Å². The van der Waals surface area contributed by atoms with Crippen molar-refractivity contribution in [2.75, 3.05) is 12.4 Å². The van der Waals surface area contributed by atoms with Crippen molar-refractivity contribution in [3.63, 3.8) is 0 Å². The van der Waals surface area contributed by atoms with Crippen LogP contribution in [0.5, 0.6) is 5.75 Å². The zero-order valence-corrected chi connectivity index (χ0v) is 13.9. The average molecular weight is 331 g/mol. The number of nitrogens with zero attached hydrogens (tertiary/aromatic N) is 3. The Morgan fingerprint density at radius 2 is 1.88 bits per heavy atom. The van der Waals surface area contributed by atoms with E-state index in [4.69, 9.17) is 14.7 Å². The molecular weight excluding hydrogens is 314 g/mol. The number of hydrogen-bond donors (Lipinski definition) is 2. The van der Waals surface area contributed by atoms with Crippen LogP contribution in [0.1, 0.15) is 5.69 Å². The normalized spacial score (nSPS) is 10.8. The minimum absolute atomic E-state index is 0.632. The average Bonchev–Trinajstić information content (AvgIpc) is 3.06. The van der Waals surface area contributed by atoms with Crippen molar-refractivity contribution in [2.45, 2.75) is 6.92 Å². The number of methoxy groups -OCH3 is 1. The summed E-state index contributed by atoms with van der Waals surface area (Å²) in [7, 11) is 1.65. The van der Waals surface area contributed by atoms with Crippen molar-refractivity contribution in [2.24, 2.45) is 0 Å². The Morgan fingerprint density at radius 1 is 1.00 bits per heavy atom. The molecule has 0 amide bonds. The monoisotopic (exact) mass is 331 g/mol. The van der Waals surface area contributed by atoms with Gasteiger partial charge < -0.3 is 10.1 Å². The molecule has 0 unspecified atom stereocenters. The molecule has 0 saturated carbocycles. The van der Waals surface area contributed by atoms with Crippen LogP contribution in [0.3, 0.4) is 0 Å². The van der Waals surface area contributed by atoms with Crippen LogP contribution in [0.2, 0.25) is 0 Å². The Kier molecular flexibility index (Phi) is 3.78. The molecule has 0 saturated heterocycles. The third kappa shape index (κ3) is 3.01. The maximum atomic E-state index is 5.31. The molecule has 0 spiro atoms. The Morgan fingerprint density at radius 3 is 2.68 bits per heavy atom. The fourth-order valence-corrected chi connectivity index (χ4v) is 2.67. The van der Waals surface area contributed by atoms with Crippen molar-refractivity contribution < 1.29 is 4.74 Å². The van der Waals surface area contributed by atoms with E-state index in [1.807, 2.05) is 61.5 Å². The smallest absolute Gasteiger partial charge is 0.162 e. The van der Waals surface area contributed by atoms with Gasteiger partial charge in [-0.15, -0.1) is 0 Å². The molecule has 2 heterocycles. The van der Waals surface area contributed by atoms with E-state index in [-0.39, 0.29) is 0 Å². The van der Waals surface area contributed by atoms with E-state index in [1.54, 1.807) is 7.11 Å². The number of aryl methyl sites for hydroxylation is 1. The summed E-state index contributed by atoms with van der Waals surface area (Å²) >= 11 is 0. The maximum Gasteiger partial charge on any atom is 0.162 e. The number of ether oxygens (including phenoxy) is 1. The van der Waals surface area contributed by atoms with Crippen molar-refractivity contribution in [1.82, 2.24) is 20.2 Å². The highest BCUT2D eigenvalue weighted by atomic mass is 16.5. The molecule has 4 rings (SSSR count). The second-order valence-corrected chi connectivity index (χ2v) is 5.71. The largest absolute Gasteiger partial charge is 0.497 e. The van der Waals surface area contributed by atoms with Crippen molar-refractivity contribution in [1.29, 1.82) is 0 Å². The van der Waals surface area contributed by atoms with Crippen LogP contribution in [0.15, 0.2) is 54.6 Å². The highest BCUT2D eigenvalue weighted by Gasteiger charge is 2.11. The second-order valence-electron chi connectivity index (χ2n) is 5.71. The summed E-state index contributed by atoms with van der Waals surface area (Å²) in [6.07, 6.45) is 0. The molecule has 6 nitrogen and oxygen atoms in total. The minimum Gasteiger partial charge on any atom is -0.497 e. The predicted octanol–water partition coefficient (Wildman–Crippen LogP) is 4.08. The summed E-state index contributed by atoms with van der Waals surface area (Å²) in [4.78, 5) is 9.41. The number of rotatable bonds is 4. The first kappa shape index (κ1) is 15.1. The summed E-state index contributed by atoms with van der Waals surface area (Å²) in [5.41, 5.74) is 2.74. The second kappa shape index (κ2) is 6.24. The number of para-hydroxylation sites is 1. The molecule has 2 aromatic carbocycles. The standard InChI is InChI=1S/C19H17N5O/c1-12-10-17(24-23-12)21-19-15-8-3-4-9-16(15)20-18(22-19)13-6-5-7-14(11-13)25-2/h3-11H,1-2H3,(H2,20,21,22,23,24). The Labute approximate surface area is 144 Å². The van der Waals surface area contributed by atoms with E-state index in [1.165, 1.54) is 0 Å². The van der Waals surface area contributed by atoms with Crippen LogP contribution >= 0.6 is 0 Å². The van der Waals surface area contributed by atoms with E-state index < -0.39 is 0 Å². The van der Waals surface area contributed by atoms with E-state index in [2.05, 4.69) is 15.5 Å². The Hall–Kier alpha value is -3.41. The van der Waals surface area contributed by atoms with Crippen LogP contribution in [0.4, 0.5) is 11.6 Å². The number of nitrogens with one attached hydrogen (secondary N) is 2.